The van der Waals surface area contributed by atoms with Crippen LogP contribution in [-0.2, 0) is 0 Å². The zero-order valence-corrected chi connectivity index (χ0v) is 9.26. The largest absolute Gasteiger partial charge is 0.477 e. The fourth-order valence-corrected chi connectivity index (χ4v) is 1.89. The van der Waals surface area contributed by atoms with Crippen molar-refractivity contribution in [2.45, 2.75) is 26.9 Å². The molecule has 0 aliphatic carbocycles. The van der Waals surface area contributed by atoms with Crippen molar-refractivity contribution in [3.05, 3.63) is 54.6 Å². The molecule has 0 spiro atoms. The molecule has 0 aromatic heterocycles. The van der Waals surface area contributed by atoms with Gasteiger partial charge in [0.15, 0.2) is 0 Å². The Morgan fingerprint density at radius 1 is 1.00 bits per heavy atom. The molecular formula is C10H12N2O4. The lowest BCUT2D eigenvalue weighted by Gasteiger charge is -2.09. The molecule has 0 N–H and O–H groups in total. The molecule has 0 saturated heterocycles. The van der Waals surface area contributed by atoms with Crippen LogP contribution in [0.1, 0.15) is 28.4 Å². The van der Waals surface area contributed by atoms with Crippen LogP contribution in [0.2, 0.25) is 0 Å². The van der Waals surface area contributed by atoms with E-state index in [9.17, 15) is 20.2 Å². The molecule has 0 atom stereocenters. The average Bonchev–Trinajstić information content (AvgIpc) is 2.09. The fraction of sp³-hybridized carbons (Fsp3) is 0.400. The van der Waals surface area contributed by atoms with E-state index in [1.54, 1.807) is 26.0 Å². The first-order chi connectivity index (χ1) is 7.34. The monoisotopic (exact) mass is 224 g/mol. The first-order valence-corrected chi connectivity index (χ1v) is 4.69. The number of rotatable bonds is 3. The summed E-state index contributed by atoms with van der Waals surface area (Å²) in [6, 6.07) is 3.42. The Morgan fingerprint density at radius 2 is 1.38 bits per heavy atom. The normalized spacial score (nSPS) is 10.5. The van der Waals surface area contributed by atoms with Crippen molar-refractivity contribution >= 4 is 0 Å². The van der Waals surface area contributed by atoms with Crippen molar-refractivity contribution in [3.63, 3.8) is 0 Å². The fourth-order valence-electron chi connectivity index (χ4n) is 1.89. The van der Waals surface area contributed by atoms with Crippen molar-refractivity contribution in [3.8, 4) is 0 Å². The third kappa shape index (κ3) is 2.16. The first kappa shape index (κ1) is 12.1. The molecule has 0 aliphatic heterocycles. The number of nitro groups is 2. The smallest absolute Gasteiger partial charge is 0.258 e. The van der Waals surface area contributed by atoms with E-state index in [0.717, 1.165) is 5.56 Å². The molecule has 1 rings (SSSR count). The van der Waals surface area contributed by atoms with Crippen LogP contribution < -0.4 is 0 Å². The molecule has 0 radical (unpaired) electrons. The number of nitrogens with zero attached hydrogens (tertiary/aromatic N) is 2. The maximum absolute atomic E-state index is 10.7. The highest BCUT2D eigenvalue weighted by molar-refractivity contribution is 5.38. The van der Waals surface area contributed by atoms with Gasteiger partial charge in [0.2, 0.25) is 0 Å². The van der Waals surface area contributed by atoms with Gasteiger partial charge in [0.25, 0.3) is 0 Å². The molecule has 0 bridgehead atoms. The van der Waals surface area contributed by atoms with Gasteiger partial charge in [0, 0.05) is 0 Å². The maximum Gasteiger partial charge on any atom is 0.477 e. The highest BCUT2D eigenvalue weighted by Gasteiger charge is 2.37. The summed E-state index contributed by atoms with van der Waals surface area (Å²) in [5, 5.41) is 21.4. The molecule has 6 nitrogen and oxygen atoms in total. The lowest BCUT2D eigenvalue weighted by Crippen LogP contribution is -2.21. The van der Waals surface area contributed by atoms with E-state index in [0.29, 0.717) is 11.1 Å². The second kappa shape index (κ2) is 4.26. The zero-order chi connectivity index (χ0) is 12.5. The minimum atomic E-state index is -1.87. The molecule has 6 heteroatoms. The van der Waals surface area contributed by atoms with Gasteiger partial charge < -0.3 is 0 Å². The summed E-state index contributed by atoms with van der Waals surface area (Å²) in [6.45, 7) is 5.14. The second-order valence-electron chi connectivity index (χ2n) is 3.76. The molecule has 0 aliphatic rings. The van der Waals surface area contributed by atoms with Gasteiger partial charge in [-0.25, -0.2) is 0 Å². The summed E-state index contributed by atoms with van der Waals surface area (Å²) in [6.07, 6.45) is -1.87. The zero-order valence-electron chi connectivity index (χ0n) is 9.26. The minimum absolute atomic E-state index is 0.181. The molecule has 0 fully saturated rings. The molecule has 0 heterocycles. The molecular weight excluding hydrogens is 212 g/mol. The third-order valence-electron chi connectivity index (χ3n) is 2.40. The van der Waals surface area contributed by atoms with Gasteiger partial charge in [0.05, 0.1) is 0 Å². The van der Waals surface area contributed by atoms with E-state index in [1.807, 2.05) is 6.92 Å². The van der Waals surface area contributed by atoms with Crippen molar-refractivity contribution in [1.82, 2.24) is 0 Å². The number of hydrogen-bond acceptors (Lipinski definition) is 4. The van der Waals surface area contributed by atoms with Crippen LogP contribution in [0.3, 0.4) is 0 Å². The Bertz CT molecular complexity index is 419. The van der Waals surface area contributed by atoms with Gasteiger partial charge in [-0.05, 0) is 31.9 Å². The van der Waals surface area contributed by atoms with E-state index in [-0.39, 0.29) is 5.56 Å². The SMILES string of the molecule is Cc1cc(C)c(C([N+](=O)[O-])[N+](=O)[O-])c(C)c1. The van der Waals surface area contributed by atoms with E-state index in [4.69, 9.17) is 0 Å². The van der Waals surface area contributed by atoms with Crippen molar-refractivity contribution < 1.29 is 9.85 Å². The molecule has 0 amide bonds. The summed E-state index contributed by atoms with van der Waals surface area (Å²) in [5.74, 6) is 0. The van der Waals surface area contributed by atoms with Crippen LogP contribution in [0, 0.1) is 41.0 Å². The van der Waals surface area contributed by atoms with Crippen LogP contribution in [-0.4, -0.2) is 9.85 Å². The Morgan fingerprint density at radius 3 is 1.69 bits per heavy atom. The Balaban J connectivity index is 3.41. The van der Waals surface area contributed by atoms with Crippen LogP contribution in [0.4, 0.5) is 0 Å². The van der Waals surface area contributed by atoms with Gasteiger partial charge in [-0.3, -0.25) is 20.2 Å². The quantitative estimate of drug-likeness (QED) is 0.447. The Labute approximate surface area is 92.2 Å². The third-order valence-corrected chi connectivity index (χ3v) is 2.40. The van der Waals surface area contributed by atoms with E-state index < -0.39 is 16.0 Å². The molecule has 16 heavy (non-hydrogen) atoms. The summed E-state index contributed by atoms with van der Waals surface area (Å²) in [5.41, 5.74) is 2.27. The lowest BCUT2D eigenvalue weighted by atomic mass is 9.98. The Kier molecular flexibility index (Phi) is 3.22. The number of hydrogen-bond donors (Lipinski definition) is 0. The standard InChI is InChI=1S/C10H12N2O4/c1-6-4-7(2)9(8(3)5-6)10(11(13)14)12(15)16/h4-5,10H,1-3H3. The predicted octanol–water partition coefficient (Wildman–Crippen LogP) is 2.16. The number of aryl methyl sites for hydroxylation is 3. The average molecular weight is 224 g/mol. The summed E-state index contributed by atoms with van der Waals surface area (Å²) in [4.78, 5) is 19.6. The van der Waals surface area contributed by atoms with E-state index >= 15 is 0 Å². The molecule has 0 saturated carbocycles. The van der Waals surface area contributed by atoms with Gasteiger partial charge in [-0.1, -0.05) is 17.7 Å². The van der Waals surface area contributed by atoms with Gasteiger partial charge in [0.1, 0.15) is 15.4 Å². The van der Waals surface area contributed by atoms with E-state index in [1.165, 1.54) is 0 Å². The van der Waals surface area contributed by atoms with Crippen LogP contribution in [0.5, 0.6) is 0 Å². The van der Waals surface area contributed by atoms with Gasteiger partial charge >= 0.3 is 6.17 Å². The maximum atomic E-state index is 10.7. The number of benzene rings is 1. The Hall–Kier alpha value is -1.98. The first-order valence-electron chi connectivity index (χ1n) is 4.69. The van der Waals surface area contributed by atoms with Gasteiger partial charge in [-0.15, -0.1) is 0 Å². The lowest BCUT2D eigenvalue weighted by molar-refractivity contribution is -0.752. The summed E-state index contributed by atoms with van der Waals surface area (Å²) >= 11 is 0. The van der Waals surface area contributed by atoms with Crippen molar-refractivity contribution in [2.24, 2.45) is 0 Å². The topological polar surface area (TPSA) is 86.3 Å². The predicted molar refractivity (Wildman–Crippen MR) is 57.4 cm³/mol. The molecule has 1 aromatic carbocycles. The molecule has 1 aromatic rings. The summed E-state index contributed by atoms with van der Waals surface area (Å²) in [7, 11) is 0. The van der Waals surface area contributed by atoms with Crippen LogP contribution in [0.15, 0.2) is 12.1 Å². The van der Waals surface area contributed by atoms with Crippen LogP contribution in [0.25, 0.3) is 0 Å². The highest BCUT2D eigenvalue weighted by Crippen LogP contribution is 2.26. The highest BCUT2D eigenvalue weighted by atomic mass is 16.7. The van der Waals surface area contributed by atoms with Crippen LogP contribution >= 0.6 is 0 Å². The summed E-state index contributed by atoms with van der Waals surface area (Å²) < 4.78 is 0. The molecule has 0 unspecified atom stereocenters. The minimum Gasteiger partial charge on any atom is -0.258 e. The second-order valence-corrected chi connectivity index (χ2v) is 3.76. The van der Waals surface area contributed by atoms with Gasteiger partial charge in [-0.2, -0.15) is 0 Å². The molecule has 86 valence electrons. The van der Waals surface area contributed by atoms with Crippen molar-refractivity contribution in [1.29, 1.82) is 0 Å². The van der Waals surface area contributed by atoms with Crippen molar-refractivity contribution in [2.75, 3.05) is 0 Å². The van der Waals surface area contributed by atoms with E-state index in [2.05, 4.69) is 0 Å².